The Kier molecular flexibility index (Phi) is 7.85. The van der Waals surface area contributed by atoms with Crippen LogP contribution in [0.25, 0.3) is 10.8 Å². The van der Waals surface area contributed by atoms with E-state index >= 15 is 0 Å². The van der Waals surface area contributed by atoms with E-state index in [0.717, 1.165) is 23.8 Å². The normalized spacial score (nSPS) is 21.2. The predicted octanol–water partition coefficient (Wildman–Crippen LogP) is 4.52. The summed E-state index contributed by atoms with van der Waals surface area (Å²) >= 11 is 6.21. The first-order valence-corrected chi connectivity index (χ1v) is 14.2. The molecule has 1 unspecified atom stereocenters. The number of rotatable bonds is 9. The maximum atomic E-state index is 12.8. The van der Waals surface area contributed by atoms with Crippen molar-refractivity contribution in [2.45, 2.75) is 82.4 Å². The maximum absolute atomic E-state index is 12.8. The summed E-state index contributed by atoms with van der Waals surface area (Å²) in [5.41, 5.74) is 0.885. The zero-order chi connectivity index (χ0) is 23.7. The van der Waals surface area contributed by atoms with Crippen molar-refractivity contribution in [2.75, 3.05) is 5.75 Å². The Balaban J connectivity index is 1.91. The van der Waals surface area contributed by atoms with Crippen LogP contribution in [0.4, 0.5) is 0 Å². The fourth-order valence-electron chi connectivity index (χ4n) is 3.65. The van der Waals surface area contributed by atoms with Crippen molar-refractivity contribution in [1.29, 1.82) is 0 Å². The van der Waals surface area contributed by atoms with E-state index in [-0.39, 0.29) is 23.1 Å². The summed E-state index contributed by atoms with van der Waals surface area (Å²) in [6.07, 6.45) is 5.77. The molecule has 178 valence electrons. The number of aromatic nitrogens is 2. The second-order valence-electron chi connectivity index (χ2n) is 9.20. The molecule has 0 bridgehead atoms. The second-order valence-corrected chi connectivity index (χ2v) is 14.2. The number of ether oxygens (including phenoxy) is 1. The van der Waals surface area contributed by atoms with Crippen LogP contribution in [0.5, 0.6) is 5.88 Å². The minimum Gasteiger partial charge on any atom is -0.474 e. The number of halogens is 1. The smallest absolute Gasteiger partial charge is 0.223 e. The van der Waals surface area contributed by atoms with Gasteiger partial charge in [0.2, 0.25) is 5.88 Å². The maximum Gasteiger partial charge on any atom is 0.223 e. The first-order chi connectivity index (χ1) is 15.0. The van der Waals surface area contributed by atoms with Gasteiger partial charge in [0.15, 0.2) is 9.84 Å². The molecule has 2 atom stereocenters. The van der Waals surface area contributed by atoms with Gasteiger partial charge in [0.1, 0.15) is 11.3 Å². The summed E-state index contributed by atoms with van der Waals surface area (Å²) in [7, 11) is -4.30. The summed E-state index contributed by atoms with van der Waals surface area (Å²) in [5, 5.41) is 1.55. The van der Waals surface area contributed by atoms with Gasteiger partial charge in [-0.1, -0.05) is 31.9 Å². The molecule has 2 aromatic rings. The van der Waals surface area contributed by atoms with Gasteiger partial charge in [-0.15, -0.1) is 0 Å². The first kappa shape index (κ1) is 25.3. The van der Waals surface area contributed by atoms with E-state index in [0.29, 0.717) is 29.3 Å². The van der Waals surface area contributed by atoms with E-state index in [9.17, 15) is 12.6 Å². The van der Waals surface area contributed by atoms with Gasteiger partial charge in [0.25, 0.3) is 0 Å². The predicted molar refractivity (Wildman–Crippen MR) is 130 cm³/mol. The number of nitrogens with one attached hydrogen (secondary N) is 1. The molecule has 1 fully saturated rings. The molecule has 10 heteroatoms. The molecule has 0 aliphatic heterocycles. The number of nitrogens with zero attached hydrogens (tertiary/aromatic N) is 2. The highest BCUT2D eigenvalue weighted by Crippen LogP contribution is 2.36. The van der Waals surface area contributed by atoms with Gasteiger partial charge in [-0.3, -0.25) is 0 Å². The first-order valence-electron chi connectivity index (χ1n) is 11.0. The summed E-state index contributed by atoms with van der Waals surface area (Å²) in [4.78, 5) is 8.75. The van der Waals surface area contributed by atoms with Crippen molar-refractivity contribution in [3.63, 3.8) is 0 Å². The van der Waals surface area contributed by atoms with Crippen molar-refractivity contribution < 1.29 is 17.4 Å². The molecule has 2 heterocycles. The minimum atomic E-state index is -3.05. The van der Waals surface area contributed by atoms with Gasteiger partial charge < -0.3 is 4.74 Å². The highest BCUT2D eigenvalue weighted by atomic mass is 35.5. The van der Waals surface area contributed by atoms with Gasteiger partial charge in [-0.25, -0.2) is 27.3 Å². The Morgan fingerprint density at radius 2 is 1.91 bits per heavy atom. The molecule has 1 aliphatic rings. The quantitative estimate of drug-likeness (QED) is 0.507. The molecule has 1 N–H and O–H groups in total. The van der Waals surface area contributed by atoms with Crippen molar-refractivity contribution in [1.82, 2.24) is 14.7 Å². The average Bonchev–Trinajstić information content (AvgIpc) is 2.68. The number of hydrogen-bond donors (Lipinski definition) is 1. The topological polar surface area (TPSA) is 98.2 Å². The Morgan fingerprint density at radius 3 is 2.50 bits per heavy atom. The highest BCUT2D eigenvalue weighted by Gasteiger charge is 2.39. The number of hydrogen-bond acceptors (Lipinski definition) is 6. The monoisotopic (exact) mass is 501 g/mol. The molecular formula is C22H32ClN3O4S2. The molecule has 32 heavy (non-hydrogen) atoms. The van der Waals surface area contributed by atoms with Crippen LogP contribution in [0, 0.1) is 0 Å². The third-order valence-corrected chi connectivity index (χ3v) is 9.75. The Labute approximate surface area is 198 Å². The molecule has 7 nitrogen and oxygen atoms in total. The lowest BCUT2D eigenvalue weighted by atomic mass is 9.95. The highest BCUT2D eigenvalue weighted by molar-refractivity contribution is 7.92. The summed E-state index contributed by atoms with van der Waals surface area (Å²) in [6, 6.07) is 1.60. The molecule has 0 amide bonds. The van der Waals surface area contributed by atoms with Crippen LogP contribution in [-0.2, 0) is 20.8 Å². The van der Waals surface area contributed by atoms with E-state index in [1.54, 1.807) is 25.4 Å². The number of sulfone groups is 1. The zero-order valence-electron chi connectivity index (χ0n) is 19.2. The molecule has 3 rings (SSSR count). The third kappa shape index (κ3) is 5.61. The zero-order valence-corrected chi connectivity index (χ0v) is 21.6. The van der Waals surface area contributed by atoms with Crippen molar-refractivity contribution in [3.8, 4) is 5.88 Å². The van der Waals surface area contributed by atoms with Gasteiger partial charge in [0, 0.05) is 37.0 Å². The molecule has 0 spiro atoms. The fraction of sp³-hybridized carbons (Fsp3) is 0.636. The molecule has 0 saturated heterocycles. The van der Waals surface area contributed by atoms with Crippen LogP contribution < -0.4 is 9.46 Å². The van der Waals surface area contributed by atoms with Gasteiger partial charge >= 0.3 is 0 Å². The lowest BCUT2D eigenvalue weighted by molar-refractivity contribution is 0.119. The van der Waals surface area contributed by atoms with Crippen LogP contribution >= 0.6 is 11.6 Å². The molecule has 1 saturated carbocycles. The fourth-order valence-corrected chi connectivity index (χ4v) is 6.15. The van der Waals surface area contributed by atoms with Crippen molar-refractivity contribution in [3.05, 3.63) is 29.2 Å². The molecular weight excluding hydrogens is 470 g/mol. The average molecular weight is 502 g/mol. The molecule has 1 aliphatic carbocycles. The molecule has 0 aromatic carbocycles. The van der Waals surface area contributed by atoms with E-state index in [1.807, 2.05) is 20.8 Å². The van der Waals surface area contributed by atoms with Gasteiger partial charge in [-0.2, -0.15) is 0 Å². The van der Waals surface area contributed by atoms with Crippen LogP contribution in [0.1, 0.15) is 71.9 Å². The second kappa shape index (κ2) is 9.91. The van der Waals surface area contributed by atoms with Crippen LogP contribution in [0.2, 0.25) is 5.15 Å². The van der Waals surface area contributed by atoms with Crippen LogP contribution in [0.3, 0.4) is 0 Å². The standard InChI is InChI=1S/C22H32ClN3O4S2/c1-6-8-19(26-31(27)22(3,4)5)17-12-25-21(18-13-24-20(23)11-16(17)18)30-14-9-15(10-14)32(28,29)7-2/h11-15,19,26H,6-10H2,1-5H3/t14?,15?,19-,31?/m0/s1. The minimum absolute atomic E-state index is 0.143. The summed E-state index contributed by atoms with van der Waals surface area (Å²) in [5.74, 6) is 0.558. The Morgan fingerprint density at radius 1 is 1.22 bits per heavy atom. The Bertz CT molecular complexity index is 1100. The number of pyridine rings is 2. The lowest BCUT2D eigenvalue weighted by Crippen LogP contribution is -2.43. The van der Waals surface area contributed by atoms with E-state index in [4.69, 9.17) is 16.3 Å². The van der Waals surface area contributed by atoms with Crippen LogP contribution in [0.15, 0.2) is 18.5 Å². The van der Waals surface area contributed by atoms with Crippen molar-refractivity contribution >= 4 is 43.2 Å². The Hall–Kier alpha value is -1.29. The van der Waals surface area contributed by atoms with E-state index in [1.165, 1.54) is 0 Å². The summed E-state index contributed by atoms with van der Waals surface area (Å²) < 4.78 is 45.8. The SMILES string of the molecule is CCC[C@H](NS(=O)C(C)(C)C)c1cnc(OC2CC(S(=O)(=O)CC)C2)c2cnc(Cl)cc12. The molecule has 2 aromatic heterocycles. The molecule has 0 radical (unpaired) electrons. The van der Waals surface area contributed by atoms with Gasteiger partial charge in [-0.05, 0) is 44.2 Å². The van der Waals surface area contributed by atoms with Crippen molar-refractivity contribution in [2.24, 2.45) is 0 Å². The van der Waals surface area contributed by atoms with E-state index < -0.39 is 25.6 Å². The van der Waals surface area contributed by atoms with E-state index in [2.05, 4.69) is 21.6 Å². The third-order valence-electron chi connectivity index (χ3n) is 5.73. The van der Waals surface area contributed by atoms with Gasteiger partial charge in [0.05, 0.1) is 26.4 Å². The number of fused-ring (bicyclic) bond motifs is 1. The van der Waals surface area contributed by atoms with Crippen LogP contribution in [-0.4, -0.2) is 44.4 Å². The lowest BCUT2D eigenvalue weighted by Gasteiger charge is -2.34. The largest absolute Gasteiger partial charge is 0.474 e. The summed E-state index contributed by atoms with van der Waals surface area (Å²) in [6.45, 7) is 9.53.